The maximum Gasteiger partial charge on any atom is 0.272 e. The summed E-state index contributed by atoms with van der Waals surface area (Å²) < 4.78 is 0. The summed E-state index contributed by atoms with van der Waals surface area (Å²) in [6.45, 7) is 1.78. The number of aryl methyl sites for hydroxylation is 1. The zero-order chi connectivity index (χ0) is 18.0. The molecule has 0 saturated heterocycles. The largest absolute Gasteiger partial charge is 0.396 e. The van der Waals surface area contributed by atoms with Crippen LogP contribution in [0.15, 0.2) is 53.4 Å². The molecule has 0 fully saturated rings. The van der Waals surface area contributed by atoms with E-state index in [4.69, 9.17) is 16.7 Å². The van der Waals surface area contributed by atoms with E-state index in [1.54, 1.807) is 30.3 Å². The second-order valence-corrected chi connectivity index (χ2v) is 7.03. The number of hydrogen-bond acceptors (Lipinski definition) is 4. The molecule has 6 heteroatoms. The van der Waals surface area contributed by atoms with Crippen molar-refractivity contribution < 1.29 is 14.7 Å². The third kappa shape index (κ3) is 3.35. The summed E-state index contributed by atoms with van der Waals surface area (Å²) in [5, 5.41) is 9.61. The Hall–Kier alpha value is -2.08. The Morgan fingerprint density at radius 2 is 1.80 bits per heavy atom. The fourth-order valence-corrected chi connectivity index (χ4v) is 3.64. The summed E-state index contributed by atoms with van der Waals surface area (Å²) in [6, 6.07) is 14.2. The lowest BCUT2D eigenvalue weighted by Crippen LogP contribution is -2.31. The number of imide groups is 1. The first-order chi connectivity index (χ1) is 12.0. The number of aliphatic hydroxyl groups is 1. The van der Waals surface area contributed by atoms with Gasteiger partial charge in [-0.1, -0.05) is 48.0 Å². The van der Waals surface area contributed by atoms with Gasteiger partial charge in [0.05, 0.1) is 22.8 Å². The molecule has 0 aliphatic carbocycles. The zero-order valence-corrected chi connectivity index (χ0v) is 15.1. The number of benzene rings is 2. The monoisotopic (exact) mass is 373 g/mol. The van der Waals surface area contributed by atoms with Crippen LogP contribution in [0.5, 0.6) is 0 Å². The van der Waals surface area contributed by atoms with Crippen molar-refractivity contribution >= 4 is 46.4 Å². The molecule has 1 N–H and O–H groups in total. The maximum absolute atomic E-state index is 13.0. The average Bonchev–Trinajstić information content (AvgIpc) is 2.86. The SMILES string of the molecule is Cc1ccc(N2C(=O)C(SCCO)=C(c3ccccc3)C2=O)cc1Cl. The molecule has 2 aromatic carbocycles. The molecule has 0 unspecified atom stereocenters. The molecule has 3 rings (SSSR count). The van der Waals surface area contributed by atoms with Gasteiger partial charge in [-0.3, -0.25) is 9.59 Å². The molecule has 128 valence electrons. The molecule has 25 heavy (non-hydrogen) atoms. The van der Waals surface area contributed by atoms with Gasteiger partial charge < -0.3 is 5.11 Å². The van der Waals surface area contributed by atoms with E-state index in [9.17, 15) is 9.59 Å². The lowest BCUT2D eigenvalue weighted by Gasteiger charge is -2.16. The minimum Gasteiger partial charge on any atom is -0.396 e. The van der Waals surface area contributed by atoms with Crippen LogP contribution in [0.3, 0.4) is 0 Å². The predicted molar refractivity (Wildman–Crippen MR) is 102 cm³/mol. The van der Waals surface area contributed by atoms with E-state index in [0.717, 1.165) is 10.5 Å². The molecule has 2 amide bonds. The van der Waals surface area contributed by atoms with Crippen molar-refractivity contribution in [2.24, 2.45) is 0 Å². The maximum atomic E-state index is 13.0. The van der Waals surface area contributed by atoms with E-state index in [1.807, 2.05) is 25.1 Å². The number of aliphatic hydroxyl groups excluding tert-OH is 1. The number of carbonyl (C=O) groups is 2. The summed E-state index contributed by atoms with van der Waals surface area (Å²) >= 11 is 7.35. The highest BCUT2D eigenvalue weighted by atomic mass is 35.5. The summed E-state index contributed by atoms with van der Waals surface area (Å²) in [7, 11) is 0. The number of anilines is 1. The molecule has 0 radical (unpaired) electrons. The molecule has 4 nitrogen and oxygen atoms in total. The minimum absolute atomic E-state index is 0.0753. The van der Waals surface area contributed by atoms with Crippen LogP contribution in [0.1, 0.15) is 11.1 Å². The Bertz CT molecular complexity index is 864. The molecule has 0 aromatic heterocycles. The van der Waals surface area contributed by atoms with Gasteiger partial charge in [-0.25, -0.2) is 4.90 Å². The van der Waals surface area contributed by atoms with E-state index < -0.39 is 0 Å². The minimum atomic E-state index is -0.387. The van der Waals surface area contributed by atoms with Crippen LogP contribution in [0.2, 0.25) is 5.02 Å². The molecule has 0 saturated carbocycles. The normalized spacial score (nSPS) is 14.6. The number of thioether (sulfide) groups is 1. The van der Waals surface area contributed by atoms with Crippen LogP contribution >= 0.6 is 23.4 Å². The molecule has 1 aliphatic rings. The van der Waals surface area contributed by atoms with E-state index in [0.29, 0.717) is 32.5 Å². The lowest BCUT2D eigenvalue weighted by atomic mass is 10.1. The molecular formula is C19H16ClNO3S. The first kappa shape index (κ1) is 17.7. The number of amides is 2. The number of carbonyl (C=O) groups excluding carboxylic acids is 2. The molecule has 0 bridgehead atoms. The van der Waals surface area contributed by atoms with Crippen molar-refractivity contribution in [3.8, 4) is 0 Å². The van der Waals surface area contributed by atoms with Crippen LogP contribution < -0.4 is 4.90 Å². The summed E-state index contributed by atoms with van der Waals surface area (Å²) in [5.41, 5.74) is 2.36. The quantitative estimate of drug-likeness (QED) is 0.812. The van der Waals surface area contributed by atoms with Crippen molar-refractivity contribution in [2.75, 3.05) is 17.3 Å². The fraction of sp³-hybridized carbons (Fsp3) is 0.158. The van der Waals surface area contributed by atoms with E-state index in [2.05, 4.69) is 0 Å². The zero-order valence-electron chi connectivity index (χ0n) is 13.5. The second kappa shape index (κ2) is 7.44. The Morgan fingerprint density at radius 3 is 2.44 bits per heavy atom. The number of halogens is 1. The fourth-order valence-electron chi connectivity index (χ4n) is 2.61. The smallest absolute Gasteiger partial charge is 0.272 e. The van der Waals surface area contributed by atoms with Gasteiger partial charge in [0.25, 0.3) is 11.8 Å². The van der Waals surface area contributed by atoms with Gasteiger partial charge >= 0.3 is 0 Å². The number of rotatable bonds is 5. The Labute approximate surface area is 155 Å². The van der Waals surface area contributed by atoms with E-state index in [1.165, 1.54) is 11.8 Å². The molecule has 0 spiro atoms. The van der Waals surface area contributed by atoms with E-state index >= 15 is 0 Å². The molecule has 1 aliphatic heterocycles. The van der Waals surface area contributed by atoms with Gasteiger partial charge in [0.2, 0.25) is 0 Å². The van der Waals surface area contributed by atoms with Crippen molar-refractivity contribution in [3.63, 3.8) is 0 Å². The highest BCUT2D eigenvalue weighted by Crippen LogP contribution is 2.39. The number of nitrogens with zero attached hydrogens (tertiary/aromatic N) is 1. The van der Waals surface area contributed by atoms with Crippen LogP contribution in [-0.4, -0.2) is 29.3 Å². The highest BCUT2D eigenvalue weighted by molar-refractivity contribution is 8.04. The summed E-state index contributed by atoms with van der Waals surface area (Å²) in [4.78, 5) is 27.4. The van der Waals surface area contributed by atoms with Gasteiger partial charge in [-0.15, -0.1) is 11.8 Å². The molecule has 1 heterocycles. The third-order valence-electron chi connectivity index (χ3n) is 3.86. The Balaban J connectivity index is 2.07. The Kier molecular flexibility index (Phi) is 5.27. The van der Waals surface area contributed by atoms with Crippen LogP contribution in [0, 0.1) is 6.92 Å². The van der Waals surface area contributed by atoms with Crippen LogP contribution in [0.25, 0.3) is 5.57 Å². The molecule has 2 aromatic rings. The van der Waals surface area contributed by atoms with Crippen LogP contribution in [0.4, 0.5) is 5.69 Å². The topological polar surface area (TPSA) is 57.6 Å². The van der Waals surface area contributed by atoms with Crippen molar-refractivity contribution in [3.05, 3.63) is 69.6 Å². The lowest BCUT2D eigenvalue weighted by molar-refractivity contribution is -0.119. The summed E-state index contributed by atoms with van der Waals surface area (Å²) in [5.74, 6) is -0.425. The first-order valence-corrected chi connectivity index (χ1v) is 9.09. The first-order valence-electron chi connectivity index (χ1n) is 7.73. The van der Waals surface area contributed by atoms with Gasteiger partial charge in [-0.2, -0.15) is 0 Å². The van der Waals surface area contributed by atoms with Crippen molar-refractivity contribution in [1.29, 1.82) is 0 Å². The highest BCUT2D eigenvalue weighted by Gasteiger charge is 2.40. The van der Waals surface area contributed by atoms with Gasteiger partial charge in [0, 0.05) is 10.8 Å². The van der Waals surface area contributed by atoms with E-state index in [-0.39, 0.29) is 18.4 Å². The van der Waals surface area contributed by atoms with Gasteiger partial charge in [0.1, 0.15) is 0 Å². The van der Waals surface area contributed by atoms with Crippen LogP contribution in [-0.2, 0) is 9.59 Å². The standard InChI is InChI=1S/C19H16ClNO3S/c1-12-7-8-14(11-15(12)20)21-18(23)16(13-5-3-2-4-6-13)17(19(21)24)25-10-9-22/h2-8,11,22H,9-10H2,1H3. The third-order valence-corrected chi connectivity index (χ3v) is 5.32. The van der Waals surface area contributed by atoms with Gasteiger partial charge in [-0.05, 0) is 30.2 Å². The van der Waals surface area contributed by atoms with Crippen molar-refractivity contribution in [1.82, 2.24) is 0 Å². The summed E-state index contributed by atoms with van der Waals surface area (Å²) in [6.07, 6.45) is 0. The Morgan fingerprint density at radius 1 is 1.08 bits per heavy atom. The average molecular weight is 374 g/mol. The second-order valence-electron chi connectivity index (χ2n) is 5.52. The predicted octanol–water partition coefficient (Wildman–Crippen LogP) is 3.66. The number of hydrogen-bond donors (Lipinski definition) is 1. The molecule has 0 atom stereocenters. The van der Waals surface area contributed by atoms with Gasteiger partial charge in [0.15, 0.2) is 0 Å². The van der Waals surface area contributed by atoms with Crippen molar-refractivity contribution in [2.45, 2.75) is 6.92 Å². The molecular weight excluding hydrogens is 358 g/mol.